The van der Waals surface area contributed by atoms with E-state index < -0.39 is 29.4 Å². The molecule has 0 heterocycles. The van der Waals surface area contributed by atoms with Crippen LogP contribution in [0.4, 0.5) is 0 Å². The molecule has 0 aliphatic carbocycles. The molecular weight excluding hydrogens is 356 g/mol. The van der Waals surface area contributed by atoms with Crippen LogP contribution in [-0.4, -0.2) is 51.1 Å². The molecule has 0 fully saturated rings. The van der Waals surface area contributed by atoms with E-state index in [1.165, 1.54) is 21.6 Å². The first-order valence-electron chi connectivity index (χ1n) is 6.86. The van der Waals surface area contributed by atoms with E-state index in [9.17, 15) is 24.3 Å². The van der Waals surface area contributed by atoms with Gasteiger partial charge < -0.3 is 20.8 Å². The molecule has 0 spiro atoms. The van der Waals surface area contributed by atoms with Gasteiger partial charge in [-0.25, -0.2) is 4.79 Å². The third kappa shape index (κ3) is 8.63. The van der Waals surface area contributed by atoms with Crippen molar-refractivity contribution in [2.45, 2.75) is 24.9 Å². The summed E-state index contributed by atoms with van der Waals surface area (Å²) in [6, 6.07) is 0. The Kier molecular flexibility index (Phi) is 10.6. The van der Waals surface area contributed by atoms with Gasteiger partial charge in [0.25, 0.3) is 0 Å². The number of carboxylic acids is 2. The Labute approximate surface area is 147 Å². The number of amides is 2. The quantitative estimate of drug-likeness (QED) is 0.162. The summed E-state index contributed by atoms with van der Waals surface area (Å²) in [5.74, 6) is -2.86. The molecule has 0 saturated heterocycles. The molecule has 4 N–H and O–H groups in total. The minimum Gasteiger partial charge on any atom is -0.481 e. The number of carbonyl (C=O) groups is 4. The molecule has 0 aliphatic rings. The molecule has 24 heavy (non-hydrogen) atoms. The first-order valence-corrected chi connectivity index (χ1v) is 9.35. The van der Waals surface area contributed by atoms with E-state index >= 15 is 0 Å². The van der Waals surface area contributed by atoms with Gasteiger partial charge in [0.15, 0.2) is 0 Å². The Morgan fingerprint density at radius 2 is 1.46 bits per heavy atom. The highest BCUT2D eigenvalue weighted by molar-refractivity contribution is 8.76. The lowest BCUT2D eigenvalue weighted by Gasteiger charge is -2.30. The van der Waals surface area contributed by atoms with Gasteiger partial charge >= 0.3 is 11.9 Å². The monoisotopic (exact) mass is 376 g/mol. The van der Waals surface area contributed by atoms with E-state index in [0.717, 1.165) is 12.2 Å². The zero-order valence-electron chi connectivity index (χ0n) is 12.9. The molecule has 0 radical (unpaired) electrons. The third-order valence-corrected chi connectivity index (χ3v) is 5.16. The van der Waals surface area contributed by atoms with Crippen molar-refractivity contribution in [1.82, 2.24) is 10.6 Å². The number of nitrogens with one attached hydrogen (secondary N) is 2. The summed E-state index contributed by atoms with van der Waals surface area (Å²) in [4.78, 5) is 45.0. The summed E-state index contributed by atoms with van der Waals surface area (Å²) in [5.41, 5.74) is -1.97. The van der Waals surface area contributed by atoms with E-state index in [2.05, 4.69) is 23.8 Å². The zero-order chi connectivity index (χ0) is 18.6. The van der Waals surface area contributed by atoms with Gasteiger partial charge in [-0.1, -0.05) is 34.7 Å². The van der Waals surface area contributed by atoms with Crippen LogP contribution in [0, 0.1) is 0 Å². The summed E-state index contributed by atoms with van der Waals surface area (Å²) in [5, 5.41) is 22.4. The molecule has 0 saturated carbocycles. The number of aliphatic carboxylic acids is 2. The highest BCUT2D eigenvalue weighted by Crippen LogP contribution is 2.25. The maximum Gasteiger partial charge on any atom is 0.350 e. The number of hydrogen-bond acceptors (Lipinski definition) is 6. The summed E-state index contributed by atoms with van der Waals surface area (Å²) in [6.07, 6.45) is 2.31. The first kappa shape index (κ1) is 22.1. The van der Waals surface area contributed by atoms with E-state index in [0.29, 0.717) is 17.9 Å². The topological polar surface area (TPSA) is 133 Å². The van der Waals surface area contributed by atoms with Crippen molar-refractivity contribution in [2.75, 3.05) is 11.5 Å². The number of hydrogen-bond donors (Lipinski definition) is 4. The predicted molar refractivity (Wildman–Crippen MR) is 93.4 cm³/mol. The standard InChI is InChI=1S/C14H20N2O6S2/c1-3-10(17)15-14(13(21)22,16-11(18)4-2)7-9-24-23-8-5-6-12(19)20/h3-4H,1-2,5-9H2,(H,15,17)(H,16,18)(H,19,20)(H,21,22). The maximum atomic E-state index is 11.6. The molecule has 134 valence electrons. The van der Waals surface area contributed by atoms with Crippen LogP contribution in [-0.2, 0) is 19.2 Å². The second kappa shape index (κ2) is 11.6. The van der Waals surface area contributed by atoms with E-state index in [-0.39, 0.29) is 12.8 Å². The lowest BCUT2D eigenvalue weighted by atomic mass is 10.1. The van der Waals surface area contributed by atoms with Crippen LogP contribution in [0.2, 0.25) is 0 Å². The van der Waals surface area contributed by atoms with E-state index in [1.54, 1.807) is 0 Å². The van der Waals surface area contributed by atoms with Crippen molar-refractivity contribution >= 4 is 45.3 Å². The Balaban J connectivity index is 4.68. The number of carbonyl (C=O) groups excluding carboxylic acids is 2. The van der Waals surface area contributed by atoms with Gasteiger partial charge in [0.05, 0.1) is 0 Å². The highest BCUT2D eigenvalue weighted by atomic mass is 33.1. The maximum absolute atomic E-state index is 11.6. The van der Waals surface area contributed by atoms with Crippen molar-refractivity contribution in [2.24, 2.45) is 0 Å². The van der Waals surface area contributed by atoms with Gasteiger partial charge in [0.2, 0.25) is 17.5 Å². The summed E-state index contributed by atoms with van der Waals surface area (Å²) < 4.78 is 0. The summed E-state index contributed by atoms with van der Waals surface area (Å²) >= 11 is 0. The number of carboxylic acid groups (broad SMARTS) is 2. The molecule has 2 amide bonds. The van der Waals surface area contributed by atoms with Crippen LogP contribution in [0.5, 0.6) is 0 Å². The predicted octanol–water partition coefficient (Wildman–Crippen LogP) is 1.01. The van der Waals surface area contributed by atoms with Gasteiger partial charge in [0.1, 0.15) is 0 Å². The minimum atomic E-state index is -1.97. The Hall–Kier alpha value is -1.94. The van der Waals surface area contributed by atoms with Gasteiger partial charge in [-0.05, 0) is 18.6 Å². The molecule has 0 unspecified atom stereocenters. The van der Waals surface area contributed by atoms with E-state index in [4.69, 9.17) is 5.11 Å². The van der Waals surface area contributed by atoms with Crippen molar-refractivity contribution in [3.8, 4) is 0 Å². The van der Waals surface area contributed by atoms with Crippen LogP contribution in [0.1, 0.15) is 19.3 Å². The Bertz CT molecular complexity index is 487. The normalized spacial score (nSPS) is 10.5. The molecule has 0 aliphatic heterocycles. The van der Waals surface area contributed by atoms with Gasteiger partial charge in [-0.2, -0.15) is 0 Å². The van der Waals surface area contributed by atoms with Crippen molar-refractivity contribution < 1.29 is 29.4 Å². The van der Waals surface area contributed by atoms with Crippen molar-refractivity contribution in [1.29, 1.82) is 0 Å². The average Bonchev–Trinajstić information content (AvgIpc) is 2.52. The minimum absolute atomic E-state index is 0.0669. The number of rotatable bonds is 13. The van der Waals surface area contributed by atoms with Crippen LogP contribution in [0.3, 0.4) is 0 Å². The van der Waals surface area contributed by atoms with Gasteiger partial charge in [-0.15, -0.1) is 0 Å². The summed E-state index contributed by atoms with van der Waals surface area (Å²) in [6.45, 7) is 6.51. The molecule has 0 aromatic heterocycles. The van der Waals surface area contributed by atoms with Crippen LogP contribution < -0.4 is 10.6 Å². The van der Waals surface area contributed by atoms with Crippen molar-refractivity contribution in [3.05, 3.63) is 25.3 Å². The Morgan fingerprint density at radius 1 is 0.958 bits per heavy atom. The lowest BCUT2D eigenvalue weighted by molar-refractivity contribution is -0.150. The molecule has 0 rings (SSSR count). The lowest BCUT2D eigenvalue weighted by Crippen LogP contribution is -2.65. The smallest absolute Gasteiger partial charge is 0.350 e. The largest absolute Gasteiger partial charge is 0.481 e. The molecule has 8 nitrogen and oxygen atoms in total. The average molecular weight is 376 g/mol. The molecule has 0 atom stereocenters. The van der Waals surface area contributed by atoms with Gasteiger partial charge in [0, 0.05) is 24.3 Å². The second-order valence-electron chi connectivity index (χ2n) is 4.49. The Morgan fingerprint density at radius 3 is 1.88 bits per heavy atom. The molecule has 0 aromatic carbocycles. The third-order valence-electron chi connectivity index (χ3n) is 2.67. The molecule has 10 heteroatoms. The van der Waals surface area contributed by atoms with Crippen LogP contribution >= 0.6 is 21.6 Å². The highest BCUT2D eigenvalue weighted by Gasteiger charge is 2.40. The first-order chi connectivity index (χ1) is 11.3. The van der Waals surface area contributed by atoms with Crippen molar-refractivity contribution in [3.63, 3.8) is 0 Å². The fraction of sp³-hybridized carbons (Fsp3) is 0.429. The van der Waals surface area contributed by atoms with Crippen LogP contribution in [0.15, 0.2) is 25.3 Å². The SMILES string of the molecule is C=CC(=O)NC(CCSSCCCC(=O)O)(NC(=O)C=C)C(=O)O. The van der Waals surface area contributed by atoms with Gasteiger partial charge in [-0.3, -0.25) is 14.4 Å². The summed E-state index contributed by atoms with van der Waals surface area (Å²) in [7, 11) is 2.72. The zero-order valence-corrected chi connectivity index (χ0v) is 14.6. The molecular formula is C14H20N2O6S2. The second-order valence-corrected chi connectivity index (χ2v) is 7.19. The molecule has 0 bridgehead atoms. The fourth-order valence-corrected chi connectivity index (χ4v) is 3.69. The molecule has 0 aromatic rings. The fourth-order valence-electron chi connectivity index (χ4n) is 1.49. The van der Waals surface area contributed by atoms with E-state index in [1.807, 2.05) is 0 Å². The van der Waals surface area contributed by atoms with Crippen LogP contribution in [0.25, 0.3) is 0 Å².